The zero-order valence-electron chi connectivity index (χ0n) is 34.1. The highest BCUT2D eigenvalue weighted by Gasteiger charge is 2.61. The van der Waals surface area contributed by atoms with Gasteiger partial charge in [-0.15, -0.1) is 11.8 Å². The molecule has 0 amide bonds. The van der Waals surface area contributed by atoms with Gasteiger partial charge >= 0.3 is 11.9 Å². The molecule has 5 rings (SSSR count). The monoisotopic (exact) mass is 788 g/mol. The van der Waals surface area contributed by atoms with Gasteiger partial charge in [-0.3, -0.25) is 9.59 Å². The molecule has 0 saturated carbocycles. The fourth-order valence-electron chi connectivity index (χ4n) is 8.99. The number of ether oxygens (including phenoxy) is 5. The molecule has 2 fully saturated rings. The number of fused-ring (bicyclic) bond motifs is 2. The lowest BCUT2D eigenvalue weighted by Crippen LogP contribution is -2.58. The second-order valence-electron chi connectivity index (χ2n) is 16.2. The van der Waals surface area contributed by atoms with Crippen molar-refractivity contribution < 1.29 is 43.2 Å². The molecule has 2 aromatic rings. The lowest BCUT2D eigenvalue weighted by atomic mass is 9.70. The molecule has 13 atom stereocenters. The van der Waals surface area contributed by atoms with Crippen LogP contribution in [0.3, 0.4) is 0 Å². The van der Waals surface area contributed by atoms with E-state index in [1.54, 1.807) is 33.4 Å². The van der Waals surface area contributed by atoms with Gasteiger partial charge in [0.2, 0.25) is 0 Å². The third-order valence-electron chi connectivity index (χ3n) is 12.0. The molecule has 2 saturated heterocycles. The van der Waals surface area contributed by atoms with Gasteiger partial charge in [0.15, 0.2) is 23.4 Å². The summed E-state index contributed by atoms with van der Waals surface area (Å²) in [6.45, 7) is 15.2. The number of ketones is 1. The van der Waals surface area contributed by atoms with Gasteiger partial charge in [-0.2, -0.15) is 0 Å². The van der Waals surface area contributed by atoms with Crippen LogP contribution in [0.4, 0.5) is 5.82 Å². The number of carbonyl (C=O) groups excluding carboxylic acids is 3. The number of aromatic nitrogens is 4. The molecule has 3 aliphatic heterocycles. The van der Waals surface area contributed by atoms with E-state index in [9.17, 15) is 19.5 Å². The summed E-state index contributed by atoms with van der Waals surface area (Å²) >= 11 is 1.39. The van der Waals surface area contributed by atoms with Crippen molar-refractivity contribution in [1.82, 2.24) is 24.4 Å². The molecule has 55 heavy (non-hydrogen) atoms. The summed E-state index contributed by atoms with van der Waals surface area (Å²) in [7, 11) is 5.39. The number of aliphatic hydroxyl groups excluding tert-OH is 1. The number of aryl methyl sites for hydroxylation is 1. The molecule has 0 radical (unpaired) electrons. The van der Waals surface area contributed by atoms with E-state index >= 15 is 0 Å². The zero-order valence-corrected chi connectivity index (χ0v) is 34.9. The summed E-state index contributed by atoms with van der Waals surface area (Å²) in [6, 6.07) is -0.209. The van der Waals surface area contributed by atoms with Crippen LogP contribution in [-0.2, 0) is 44.6 Å². The van der Waals surface area contributed by atoms with Crippen molar-refractivity contribution in [3.05, 3.63) is 24.3 Å². The van der Waals surface area contributed by atoms with E-state index in [-0.39, 0.29) is 30.2 Å². The highest BCUT2D eigenvalue weighted by atomic mass is 32.2. The number of nitrogens with zero attached hydrogens (tertiary/aromatic N) is 5. The van der Waals surface area contributed by atoms with E-state index in [0.29, 0.717) is 41.9 Å². The van der Waals surface area contributed by atoms with Crippen molar-refractivity contribution in [3.8, 4) is 0 Å². The molecule has 3 aliphatic rings. The Hall–Kier alpha value is -3.15. The van der Waals surface area contributed by atoms with Crippen LogP contribution in [-0.4, -0.2) is 127 Å². The summed E-state index contributed by atoms with van der Waals surface area (Å²) in [5.74, 6) is -2.68. The molecule has 16 heteroatoms. The number of nitrogens with two attached hydrogens (primary N) is 1. The maximum absolute atomic E-state index is 14.7. The van der Waals surface area contributed by atoms with Crippen LogP contribution >= 0.6 is 11.8 Å². The first-order valence-corrected chi connectivity index (χ1v) is 20.3. The fraction of sp³-hybridized carbons (Fsp3) is 0.744. The van der Waals surface area contributed by atoms with Crippen molar-refractivity contribution in [1.29, 1.82) is 0 Å². The van der Waals surface area contributed by atoms with Crippen LogP contribution in [0.5, 0.6) is 0 Å². The molecule has 306 valence electrons. The van der Waals surface area contributed by atoms with Gasteiger partial charge in [0.25, 0.3) is 0 Å². The highest BCUT2D eigenvalue weighted by molar-refractivity contribution is 8.00. The Morgan fingerprint density at radius 1 is 1.13 bits per heavy atom. The van der Waals surface area contributed by atoms with Gasteiger partial charge in [0.1, 0.15) is 35.1 Å². The minimum atomic E-state index is -1.29. The number of thioether (sulfide) groups is 1. The number of methoxy groups -OCH3 is 1. The number of imidazole rings is 1. The maximum Gasteiger partial charge on any atom is 0.333 e. The Labute approximate surface area is 328 Å². The number of nitrogen functional groups attached to an aromatic ring is 1. The molecule has 0 bridgehead atoms. The molecule has 3 N–H and O–H groups in total. The summed E-state index contributed by atoms with van der Waals surface area (Å²) < 4.78 is 33.4. The lowest BCUT2D eigenvalue weighted by Gasteiger charge is -2.46. The Morgan fingerprint density at radius 3 is 2.49 bits per heavy atom. The molecular weight excluding hydrogens is 729 g/mol. The maximum atomic E-state index is 14.7. The average Bonchev–Trinajstić information content (AvgIpc) is 3.67. The number of Topliss-reactive ketones (excluding diaryl/α,β-unsaturated/α-hetero) is 1. The number of likely N-dealkylation sites (N-methyl/N-ethyl adjacent to an activating group) is 1. The predicted molar refractivity (Wildman–Crippen MR) is 208 cm³/mol. The molecular formula is C39H60N6O9S. The SMILES string of the molecule is CC[C@H]1OC(=O)/C(C)=C\[C@H](C)[C@@H](O[C@@H]2O[C@H](C)C[C@H](N(C)C)[C@H]2O)[C@](C)(OC)C[C@@H](C)C(=O)[C@H](C)[C@@H]2C(SCCn3cnc4c(N)ncnc43)C(=O)O[C@]12C. The van der Waals surface area contributed by atoms with Crippen molar-refractivity contribution >= 4 is 46.5 Å². The second-order valence-corrected chi connectivity index (χ2v) is 17.5. The Morgan fingerprint density at radius 2 is 1.84 bits per heavy atom. The predicted octanol–water partition coefficient (Wildman–Crippen LogP) is 3.81. The number of anilines is 1. The first-order valence-electron chi connectivity index (χ1n) is 19.3. The van der Waals surface area contributed by atoms with E-state index in [4.69, 9.17) is 29.4 Å². The van der Waals surface area contributed by atoms with Gasteiger partial charge < -0.3 is 44.0 Å². The molecule has 0 aliphatic carbocycles. The summed E-state index contributed by atoms with van der Waals surface area (Å²) in [4.78, 5) is 57.1. The van der Waals surface area contributed by atoms with Crippen LogP contribution in [0.15, 0.2) is 24.3 Å². The molecule has 2 aromatic heterocycles. The number of hydrogen-bond donors (Lipinski definition) is 2. The van der Waals surface area contributed by atoms with Crippen molar-refractivity contribution in [2.45, 2.75) is 134 Å². The van der Waals surface area contributed by atoms with Crippen LogP contribution in [0.1, 0.15) is 74.7 Å². The van der Waals surface area contributed by atoms with E-state index in [1.165, 1.54) is 18.1 Å². The minimum absolute atomic E-state index is 0.0808. The molecule has 0 aromatic carbocycles. The quantitative estimate of drug-likeness (QED) is 0.349. The number of carbonyl (C=O) groups is 3. The Kier molecular flexibility index (Phi) is 13.4. The number of esters is 2. The summed E-state index contributed by atoms with van der Waals surface area (Å²) in [6.07, 6.45) is 2.29. The van der Waals surface area contributed by atoms with Crippen LogP contribution in [0.2, 0.25) is 0 Å². The van der Waals surface area contributed by atoms with E-state index in [0.717, 1.165) is 0 Å². The molecule has 1 unspecified atom stereocenters. The van der Waals surface area contributed by atoms with Crippen LogP contribution < -0.4 is 5.73 Å². The largest absolute Gasteiger partial charge is 0.455 e. The van der Waals surface area contributed by atoms with E-state index < -0.39 is 76.7 Å². The second kappa shape index (κ2) is 17.1. The number of hydrogen-bond acceptors (Lipinski definition) is 15. The third kappa shape index (κ3) is 8.59. The third-order valence-corrected chi connectivity index (χ3v) is 13.2. The molecule has 5 heterocycles. The first-order chi connectivity index (χ1) is 25.9. The standard InChI is InChI=1S/C39H60N6O9S/c1-12-26-39(8)27(31(36(49)54-39)55-14-13-45-19-43-28-33(40)41-18-42-34(28)45)24(6)29(46)22(4)17-38(7,50-11)32(20(2)15-21(3)35(48)52-26)53-37-30(47)25(44(9)10)16-23(5)51-37/h15,18-20,22-27,30-32,37,47H,12-14,16-17H2,1-11H3,(H2,40,41,42)/b21-15-/t20-,22+,23+,24+,25-,26+,27+,30+,31?,32+,37-,38+,39+/m0/s1. The Bertz CT molecular complexity index is 1740. The zero-order chi connectivity index (χ0) is 40.6. The van der Waals surface area contributed by atoms with E-state index in [1.807, 2.05) is 65.1 Å². The minimum Gasteiger partial charge on any atom is -0.455 e. The van der Waals surface area contributed by atoms with Crippen molar-refractivity contribution in [2.75, 3.05) is 32.7 Å². The fourth-order valence-corrected chi connectivity index (χ4v) is 10.4. The molecule has 0 spiro atoms. The van der Waals surface area contributed by atoms with Gasteiger partial charge in [-0.25, -0.2) is 19.7 Å². The number of aliphatic hydroxyl groups is 1. The smallest absolute Gasteiger partial charge is 0.333 e. The van der Waals surface area contributed by atoms with E-state index in [2.05, 4.69) is 15.0 Å². The topological polar surface area (TPSA) is 190 Å². The Balaban J connectivity index is 1.49. The van der Waals surface area contributed by atoms with Crippen molar-refractivity contribution in [2.24, 2.45) is 23.7 Å². The van der Waals surface area contributed by atoms with Gasteiger partial charge in [0.05, 0.1) is 24.1 Å². The van der Waals surface area contributed by atoms with Crippen LogP contribution in [0, 0.1) is 23.7 Å². The average molecular weight is 789 g/mol. The highest BCUT2D eigenvalue weighted by Crippen LogP contribution is 2.49. The van der Waals surface area contributed by atoms with Crippen LogP contribution in [0.25, 0.3) is 11.2 Å². The van der Waals surface area contributed by atoms with Gasteiger partial charge in [0, 0.05) is 54.7 Å². The number of cyclic esters (lactones) is 1. The summed E-state index contributed by atoms with van der Waals surface area (Å²) in [5, 5.41) is 10.7. The van der Waals surface area contributed by atoms with Gasteiger partial charge in [-0.05, 0) is 61.1 Å². The summed E-state index contributed by atoms with van der Waals surface area (Å²) in [5.41, 5.74) is 5.03. The number of rotatable bonds is 9. The van der Waals surface area contributed by atoms with Gasteiger partial charge in [-0.1, -0.05) is 33.8 Å². The first kappa shape index (κ1) is 43.0. The molecule has 15 nitrogen and oxygen atoms in total. The lowest BCUT2D eigenvalue weighted by molar-refractivity contribution is -0.294. The van der Waals surface area contributed by atoms with Crippen molar-refractivity contribution in [3.63, 3.8) is 0 Å². The normalized spacial score (nSPS) is 39.0.